The Morgan fingerprint density at radius 3 is 1.10 bits per heavy atom. The highest BCUT2D eigenvalue weighted by Gasteiger charge is 2.16. The SMILES string of the molecule is COCCOCC(C)OCC(C)OCC(C)OCC(C)OCC(C)OCC(C)OCC(C)OCC(C)OCC(C)NC(=O)CCC(=O)O. The van der Waals surface area contributed by atoms with Gasteiger partial charge in [-0.2, -0.15) is 0 Å². The van der Waals surface area contributed by atoms with Crippen molar-refractivity contribution in [3.8, 4) is 0 Å². The van der Waals surface area contributed by atoms with Crippen molar-refractivity contribution in [1.29, 1.82) is 0 Å². The van der Waals surface area contributed by atoms with Crippen molar-refractivity contribution < 1.29 is 62.1 Å². The lowest BCUT2D eigenvalue weighted by Gasteiger charge is -2.23. The van der Waals surface area contributed by atoms with E-state index in [4.69, 9.17) is 52.5 Å². The maximum absolute atomic E-state index is 11.7. The van der Waals surface area contributed by atoms with Gasteiger partial charge in [0, 0.05) is 19.6 Å². The van der Waals surface area contributed by atoms with Crippen LogP contribution in [0.5, 0.6) is 0 Å². The second-order valence-electron chi connectivity index (χ2n) is 12.6. The molecule has 9 atom stereocenters. The van der Waals surface area contributed by atoms with Crippen molar-refractivity contribution in [2.24, 2.45) is 0 Å². The fourth-order valence-electron chi connectivity index (χ4n) is 3.79. The molecule has 9 unspecified atom stereocenters. The zero-order valence-corrected chi connectivity index (χ0v) is 31.2. The summed E-state index contributed by atoms with van der Waals surface area (Å²) >= 11 is 0. The Bertz CT molecular complexity index is 792. The molecule has 14 nitrogen and oxygen atoms in total. The molecule has 0 spiro atoms. The molecule has 1 amide bonds. The standard InChI is InChI=1S/C34H67NO13/c1-24(35-33(36)11-12-34(37)38)15-41-26(3)17-43-28(5)19-45-30(7)21-47-32(9)23-48-31(8)22-46-29(6)20-44-27(4)18-42-25(2)16-40-14-13-39-10/h24-32H,11-23H2,1-10H3,(H,35,36)(H,37,38). The molecule has 0 aliphatic rings. The first-order chi connectivity index (χ1) is 22.7. The highest BCUT2D eigenvalue weighted by atomic mass is 16.6. The van der Waals surface area contributed by atoms with Gasteiger partial charge in [-0.15, -0.1) is 0 Å². The predicted molar refractivity (Wildman–Crippen MR) is 180 cm³/mol. The molecule has 14 heteroatoms. The van der Waals surface area contributed by atoms with Gasteiger partial charge in [0.25, 0.3) is 0 Å². The lowest BCUT2D eigenvalue weighted by atomic mass is 10.2. The maximum atomic E-state index is 11.7. The van der Waals surface area contributed by atoms with Crippen LogP contribution in [-0.4, -0.2) is 152 Å². The van der Waals surface area contributed by atoms with Crippen molar-refractivity contribution in [1.82, 2.24) is 5.32 Å². The summed E-state index contributed by atoms with van der Waals surface area (Å²) in [5, 5.41) is 11.4. The lowest BCUT2D eigenvalue weighted by molar-refractivity contribution is -0.139. The predicted octanol–water partition coefficient (Wildman–Crippen LogP) is 3.26. The number of carbonyl (C=O) groups excluding carboxylic acids is 1. The minimum absolute atomic E-state index is 0.0162. The molecule has 0 aromatic rings. The number of ether oxygens (including phenoxy) is 10. The molecule has 0 aliphatic carbocycles. The Morgan fingerprint density at radius 1 is 0.479 bits per heavy atom. The van der Waals surface area contributed by atoms with Crippen LogP contribution in [0, 0.1) is 0 Å². The average Bonchev–Trinajstić information content (AvgIpc) is 3.04. The van der Waals surface area contributed by atoms with E-state index in [1.807, 2.05) is 55.4 Å². The second kappa shape index (κ2) is 29.3. The molecular formula is C34H67NO13. The molecule has 0 fully saturated rings. The first kappa shape index (κ1) is 46.5. The van der Waals surface area contributed by atoms with Crippen molar-refractivity contribution in [2.75, 3.05) is 79.8 Å². The number of carboxylic acids is 1. The molecule has 0 rings (SSSR count). The van der Waals surface area contributed by atoms with Crippen LogP contribution in [0.4, 0.5) is 0 Å². The molecule has 0 aromatic heterocycles. The van der Waals surface area contributed by atoms with Gasteiger partial charge in [-0.1, -0.05) is 0 Å². The molecule has 0 aromatic carbocycles. The minimum atomic E-state index is -1.000. The van der Waals surface area contributed by atoms with Crippen LogP contribution in [0.15, 0.2) is 0 Å². The fourth-order valence-corrected chi connectivity index (χ4v) is 3.79. The van der Waals surface area contributed by atoms with E-state index < -0.39 is 5.97 Å². The van der Waals surface area contributed by atoms with Crippen molar-refractivity contribution >= 4 is 11.9 Å². The third-order valence-electron chi connectivity index (χ3n) is 6.70. The number of methoxy groups -OCH3 is 1. The monoisotopic (exact) mass is 697 g/mol. The molecule has 0 radical (unpaired) electrons. The van der Waals surface area contributed by atoms with Gasteiger partial charge < -0.3 is 57.8 Å². The van der Waals surface area contributed by atoms with Crippen LogP contribution in [0.25, 0.3) is 0 Å². The number of aliphatic carboxylic acids is 1. The van der Waals surface area contributed by atoms with Crippen LogP contribution in [0.3, 0.4) is 0 Å². The van der Waals surface area contributed by atoms with Crippen LogP contribution in [0.2, 0.25) is 0 Å². The number of hydrogen-bond donors (Lipinski definition) is 2. The summed E-state index contributed by atoms with van der Waals surface area (Å²) < 4.78 is 57.2. The minimum Gasteiger partial charge on any atom is -0.481 e. The van der Waals surface area contributed by atoms with E-state index in [1.165, 1.54) is 0 Å². The largest absolute Gasteiger partial charge is 0.481 e. The Morgan fingerprint density at radius 2 is 0.792 bits per heavy atom. The van der Waals surface area contributed by atoms with Gasteiger partial charge >= 0.3 is 5.97 Å². The average molecular weight is 698 g/mol. The fraction of sp³-hybridized carbons (Fsp3) is 0.941. The number of carbonyl (C=O) groups is 2. The van der Waals surface area contributed by atoms with Crippen LogP contribution < -0.4 is 5.32 Å². The smallest absolute Gasteiger partial charge is 0.303 e. The molecule has 286 valence electrons. The number of amides is 1. The van der Waals surface area contributed by atoms with Gasteiger partial charge in [-0.05, 0) is 62.3 Å². The molecule has 0 bridgehead atoms. The summed E-state index contributed by atoms with van der Waals surface area (Å²) in [5.41, 5.74) is 0. The van der Waals surface area contributed by atoms with Gasteiger partial charge in [0.1, 0.15) is 0 Å². The van der Waals surface area contributed by atoms with E-state index in [0.29, 0.717) is 72.7 Å². The highest BCUT2D eigenvalue weighted by molar-refractivity contribution is 5.80. The van der Waals surface area contributed by atoms with Crippen molar-refractivity contribution in [3.05, 3.63) is 0 Å². The van der Waals surface area contributed by atoms with E-state index in [9.17, 15) is 9.59 Å². The molecular weight excluding hydrogens is 630 g/mol. The Labute approximate surface area is 289 Å². The molecule has 0 saturated heterocycles. The first-order valence-electron chi connectivity index (χ1n) is 17.2. The summed E-state index contributed by atoms with van der Waals surface area (Å²) in [6.45, 7) is 22.4. The van der Waals surface area contributed by atoms with Crippen LogP contribution >= 0.6 is 0 Å². The number of hydrogen-bond acceptors (Lipinski definition) is 12. The molecule has 0 saturated carbocycles. The van der Waals surface area contributed by atoms with Crippen molar-refractivity contribution in [3.63, 3.8) is 0 Å². The van der Waals surface area contributed by atoms with E-state index >= 15 is 0 Å². The third kappa shape index (κ3) is 29.5. The van der Waals surface area contributed by atoms with E-state index in [1.54, 1.807) is 14.0 Å². The normalized spacial score (nSPS) is 17.5. The molecule has 0 heterocycles. The zero-order valence-electron chi connectivity index (χ0n) is 31.2. The number of nitrogens with one attached hydrogen (secondary N) is 1. The van der Waals surface area contributed by atoms with Crippen LogP contribution in [0.1, 0.15) is 75.2 Å². The van der Waals surface area contributed by atoms with E-state index in [-0.39, 0.29) is 73.6 Å². The first-order valence-corrected chi connectivity index (χ1v) is 17.2. The van der Waals surface area contributed by atoms with E-state index in [0.717, 1.165) is 0 Å². The zero-order chi connectivity index (χ0) is 36.3. The van der Waals surface area contributed by atoms with Gasteiger partial charge in [-0.25, -0.2) is 0 Å². The quantitative estimate of drug-likeness (QED) is 0.0964. The highest BCUT2D eigenvalue weighted by Crippen LogP contribution is 2.06. The summed E-state index contributed by atoms with van der Waals surface area (Å²) in [4.78, 5) is 22.3. The second-order valence-corrected chi connectivity index (χ2v) is 12.6. The molecule has 0 aliphatic heterocycles. The maximum Gasteiger partial charge on any atom is 0.303 e. The molecule has 2 N–H and O–H groups in total. The Hall–Kier alpha value is -1.46. The summed E-state index contributed by atoms with van der Waals surface area (Å²) in [7, 11) is 1.65. The van der Waals surface area contributed by atoms with Gasteiger partial charge in [0.15, 0.2) is 0 Å². The van der Waals surface area contributed by atoms with Gasteiger partial charge in [0.2, 0.25) is 5.91 Å². The Balaban J connectivity index is 3.93. The lowest BCUT2D eigenvalue weighted by Crippen LogP contribution is -2.37. The summed E-state index contributed by atoms with van der Waals surface area (Å²) in [6.07, 6.45) is -1.05. The summed E-state index contributed by atoms with van der Waals surface area (Å²) in [5.74, 6) is -1.31. The van der Waals surface area contributed by atoms with Crippen LogP contribution in [-0.2, 0) is 57.0 Å². The Kier molecular flexibility index (Phi) is 28.4. The topological polar surface area (TPSA) is 159 Å². The van der Waals surface area contributed by atoms with Gasteiger partial charge in [0.05, 0.1) is 128 Å². The molecule has 48 heavy (non-hydrogen) atoms. The number of rotatable bonds is 33. The third-order valence-corrected chi connectivity index (χ3v) is 6.70. The van der Waals surface area contributed by atoms with Crippen molar-refractivity contribution in [2.45, 2.75) is 130 Å². The van der Waals surface area contributed by atoms with E-state index in [2.05, 4.69) is 5.32 Å². The number of carboxylic acid groups (broad SMARTS) is 1. The summed E-state index contributed by atoms with van der Waals surface area (Å²) in [6, 6.07) is -0.235. The van der Waals surface area contributed by atoms with Gasteiger partial charge in [-0.3, -0.25) is 9.59 Å².